The molecule has 3 rings (SSSR count). The van der Waals surface area contributed by atoms with Crippen molar-refractivity contribution in [2.45, 2.75) is 70.3 Å². The van der Waals surface area contributed by atoms with Crippen molar-refractivity contribution in [1.82, 2.24) is 15.5 Å². The van der Waals surface area contributed by atoms with Crippen LogP contribution in [0.15, 0.2) is 4.52 Å². The second-order valence-electron chi connectivity index (χ2n) is 6.49. The van der Waals surface area contributed by atoms with Gasteiger partial charge in [0, 0.05) is 17.9 Å². The van der Waals surface area contributed by atoms with E-state index in [1.807, 2.05) is 0 Å². The van der Waals surface area contributed by atoms with E-state index in [2.05, 4.69) is 29.3 Å². The van der Waals surface area contributed by atoms with Gasteiger partial charge in [-0.15, -0.1) is 0 Å². The van der Waals surface area contributed by atoms with Gasteiger partial charge in [-0.3, -0.25) is 0 Å². The lowest BCUT2D eigenvalue weighted by atomic mass is 9.95. The molecule has 2 aliphatic rings. The van der Waals surface area contributed by atoms with Crippen LogP contribution in [0.1, 0.15) is 64.1 Å². The molecule has 0 saturated heterocycles. The zero-order valence-corrected chi connectivity index (χ0v) is 12.1. The van der Waals surface area contributed by atoms with Crippen molar-refractivity contribution in [3.63, 3.8) is 0 Å². The molecule has 0 aromatic carbocycles. The maximum Gasteiger partial charge on any atom is 0.228 e. The van der Waals surface area contributed by atoms with E-state index in [1.54, 1.807) is 0 Å². The summed E-state index contributed by atoms with van der Waals surface area (Å²) >= 11 is 0. The summed E-state index contributed by atoms with van der Waals surface area (Å²) in [5.41, 5.74) is 0.211. The summed E-state index contributed by atoms with van der Waals surface area (Å²) in [4.78, 5) is 4.62. The van der Waals surface area contributed by atoms with Gasteiger partial charge < -0.3 is 9.84 Å². The van der Waals surface area contributed by atoms with Gasteiger partial charge in [-0.1, -0.05) is 31.8 Å². The quantitative estimate of drug-likeness (QED) is 0.857. The fraction of sp³-hybridized carbons (Fsp3) is 0.867. The van der Waals surface area contributed by atoms with Crippen molar-refractivity contribution >= 4 is 0 Å². The molecule has 2 saturated carbocycles. The molecular weight excluding hydrogens is 238 g/mol. The van der Waals surface area contributed by atoms with Crippen LogP contribution in [0.25, 0.3) is 0 Å². The van der Waals surface area contributed by atoms with Gasteiger partial charge in [-0.25, -0.2) is 0 Å². The molecule has 1 N–H and O–H groups in total. The summed E-state index contributed by atoms with van der Waals surface area (Å²) in [6.07, 6.45) is 8.73. The van der Waals surface area contributed by atoms with Crippen LogP contribution < -0.4 is 5.32 Å². The Hall–Kier alpha value is -0.900. The normalized spacial score (nSPS) is 23.7. The lowest BCUT2D eigenvalue weighted by Gasteiger charge is -2.22. The van der Waals surface area contributed by atoms with Gasteiger partial charge in [-0.2, -0.15) is 4.98 Å². The summed E-state index contributed by atoms with van der Waals surface area (Å²) in [5, 5.41) is 7.78. The Labute approximate surface area is 115 Å². The van der Waals surface area contributed by atoms with Gasteiger partial charge in [0.05, 0.1) is 0 Å². The maximum atomic E-state index is 5.47. The minimum Gasteiger partial charge on any atom is -0.339 e. The second-order valence-corrected chi connectivity index (χ2v) is 6.49. The standard InChI is InChI=1S/C15H25N3O/c1-3-16-12(11-6-4-5-7-11)10-13-17-14(18-19-13)15(2)8-9-15/h11-12,16H,3-10H2,1-2H3. The summed E-state index contributed by atoms with van der Waals surface area (Å²) < 4.78 is 5.47. The SMILES string of the molecule is CCNC(Cc1nc(C2(C)CC2)no1)C1CCCC1. The molecule has 1 heterocycles. The van der Waals surface area contributed by atoms with Gasteiger partial charge >= 0.3 is 0 Å². The molecule has 4 heteroatoms. The molecule has 1 aromatic heterocycles. The number of nitrogens with one attached hydrogen (secondary N) is 1. The molecule has 1 aromatic rings. The Morgan fingerprint density at radius 1 is 1.37 bits per heavy atom. The first-order valence-electron chi connectivity index (χ1n) is 7.78. The number of rotatable bonds is 6. The van der Waals surface area contributed by atoms with Crippen LogP contribution in [0, 0.1) is 5.92 Å². The minimum absolute atomic E-state index is 0.211. The first-order valence-corrected chi connectivity index (χ1v) is 7.78. The lowest BCUT2D eigenvalue weighted by molar-refractivity contribution is 0.309. The third-order valence-corrected chi connectivity index (χ3v) is 4.84. The number of hydrogen-bond acceptors (Lipinski definition) is 4. The Bertz CT molecular complexity index is 419. The number of likely N-dealkylation sites (N-methyl/N-ethyl adjacent to an activating group) is 1. The molecule has 0 amide bonds. The zero-order valence-electron chi connectivity index (χ0n) is 12.1. The molecule has 0 aliphatic heterocycles. The van der Waals surface area contributed by atoms with Gasteiger partial charge in [-0.05, 0) is 38.1 Å². The van der Waals surface area contributed by atoms with Crippen LogP contribution in [-0.4, -0.2) is 22.7 Å². The molecule has 19 heavy (non-hydrogen) atoms. The zero-order chi connectivity index (χ0) is 13.3. The van der Waals surface area contributed by atoms with Gasteiger partial charge in [0.25, 0.3) is 0 Å². The van der Waals surface area contributed by atoms with E-state index >= 15 is 0 Å². The van der Waals surface area contributed by atoms with Crippen molar-refractivity contribution in [2.75, 3.05) is 6.54 Å². The molecule has 0 bridgehead atoms. The molecule has 1 unspecified atom stereocenters. The molecule has 2 aliphatic carbocycles. The Morgan fingerprint density at radius 3 is 2.74 bits per heavy atom. The van der Waals surface area contributed by atoms with Crippen LogP contribution >= 0.6 is 0 Å². The van der Waals surface area contributed by atoms with Crippen molar-refractivity contribution < 1.29 is 4.52 Å². The number of hydrogen-bond donors (Lipinski definition) is 1. The highest BCUT2D eigenvalue weighted by Gasteiger charge is 2.43. The average molecular weight is 263 g/mol. The fourth-order valence-corrected chi connectivity index (χ4v) is 3.21. The largest absolute Gasteiger partial charge is 0.339 e. The highest BCUT2D eigenvalue weighted by atomic mass is 16.5. The van der Waals surface area contributed by atoms with Crippen LogP contribution in [0.5, 0.6) is 0 Å². The summed E-state index contributed by atoms with van der Waals surface area (Å²) in [5.74, 6) is 2.52. The van der Waals surface area contributed by atoms with E-state index in [4.69, 9.17) is 4.52 Å². The number of aromatic nitrogens is 2. The Balaban J connectivity index is 1.65. The third kappa shape index (κ3) is 2.83. The van der Waals surface area contributed by atoms with Crippen molar-refractivity contribution in [3.05, 3.63) is 11.7 Å². The third-order valence-electron chi connectivity index (χ3n) is 4.84. The van der Waals surface area contributed by atoms with E-state index in [9.17, 15) is 0 Å². The number of nitrogens with zero attached hydrogens (tertiary/aromatic N) is 2. The molecule has 0 radical (unpaired) electrons. The average Bonchev–Trinajstić information content (AvgIpc) is 2.90. The molecule has 4 nitrogen and oxygen atoms in total. The van der Waals surface area contributed by atoms with Gasteiger partial charge in [0.15, 0.2) is 5.82 Å². The highest BCUT2D eigenvalue weighted by molar-refractivity contribution is 5.14. The predicted molar refractivity (Wildman–Crippen MR) is 74.0 cm³/mol. The topological polar surface area (TPSA) is 51.0 Å². The molecule has 106 valence electrons. The minimum atomic E-state index is 0.211. The molecule has 1 atom stereocenters. The maximum absolute atomic E-state index is 5.47. The Morgan fingerprint density at radius 2 is 2.11 bits per heavy atom. The Kier molecular flexibility index (Phi) is 3.61. The van der Waals surface area contributed by atoms with Crippen LogP contribution in [0.3, 0.4) is 0 Å². The summed E-state index contributed by atoms with van der Waals surface area (Å²) in [7, 11) is 0. The smallest absolute Gasteiger partial charge is 0.228 e. The molecule has 0 spiro atoms. The van der Waals surface area contributed by atoms with Crippen LogP contribution in [0.2, 0.25) is 0 Å². The molecule has 2 fully saturated rings. The van der Waals surface area contributed by atoms with Crippen LogP contribution in [0.4, 0.5) is 0 Å². The monoisotopic (exact) mass is 263 g/mol. The van der Waals surface area contributed by atoms with Crippen LogP contribution in [-0.2, 0) is 11.8 Å². The summed E-state index contributed by atoms with van der Waals surface area (Å²) in [6.45, 7) is 5.41. The van der Waals surface area contributed by atoms with E-state index < -0.39 is 0 Å². The van der Waals surface area contributed by atoms with Gasteiger partial charge in [0.1, 0.15) is 0 Å². The van der Waals surface area contributed by atoms with E-state index in [0.717, 1.165) is 30.6 Å². The van der Waals surface area contributed by atoms with Crippen molar-refractivity contribution in [1.29, 1.82) is 0 Å². The molecular formula is C15H25N3O. The van der Waals surface area contributed by atoms with Gasteiger partial charge in [0.2, 0.25) is 5.89 Å². The van der Waals surface area contributed by atoms with Crippen molar-refractivity contribution in [3.8, 4) is 0 Å². The first-order chi connectivity index (χ1) is 9.21. The summed E-state index contributed by atoms with van der Waals surface area (Å²) in [6, 6.07) is 0.507. The van der Waals surface area contributed by atoms with E-state index in [-0.39, 0.29) is 5.41 Å². The fourth-order valence-electron chi connectivity index (χ4n) is 3.21. The lowest BCUT2D eigenvalue weighted by Crippen LogP contribution is -2.37. The second kappa shape index (κ2) is 5.23. The van der Waals surface area contributed by atoms with Crippen molar-refractivity contribution in [2.24, 2.45) is 5.92 Å². The highest BCUT2D eigenvalue weighted by Crippen LogP contribution is 2.46. The predicted octanol–water partition coefficient (Wildman–Crippen LogP) is 2.83. The van der Waals surface area contributed by atoms with E-state index in [1.165, 1.54) is 38.5 Å². The first kappa shape index (κ1) is 13.1. The van der Waals surface area contributed by atoms with E-state index in [0.29, 0.717) is 6.04 Å².